The number of halogens is 2. The molecule has 0 N–H and O–H groups in total. The third-order valence-electron chi connectivity index (χ3n) is 3.07. The number of hydrogen-bond acceptors (Lipinski definition) is 1. The fraction of sp³-hybridized carbons (Fsp3) is 0.533. The molecule has 0 spiro atoms. The third kappa shape index (κ3) is 4.30. The summed E-state index contributed by atoms with van der Waals surface area (Å²) in [6.45, 7) is 6.71. The van der Waals surface area contributed by atoms with Gasteiger partial charge in [-0.15, -0.1) is 0 Å². The Hall–Kier alpha value is -0.900. The van der Waals surface area contributed by atoms with E-state index < -0.39 is 5.82 Å². The molecule has 0 aliphatic carbocycles. The van der Waals surface area contributed by atoms with Crippen molar-refractivity contribution >= 4 is 21.8 Å². The Morgan fingerprint density at radius 3 is 2.63 bits per heavy atom. The van der Waals surface area contributed by atoms with E-state index in [1.807, 2.05) is 13.8 Å². The van der Waals surface area contributed by atoms with Gasteiger partial charge in [-0.25, -0.2) is 4.39 Å². The minimum absolute atomic E-state index is 0.0720. The van der Waals surface area contributed by atoms with Gasteiger partial charge >= 0.3 is 0 Å². The van der Waals surface area contributed by atoms with Crippen LogP contribution in [0.1, 0.15) is 50.4 Å². The van der Waals surface area contributed by atoms with Crippen LogP contribution in [0, 0.1) is 5.82 Å². The standard InChI is InChI=1S/C15H21BrFNO/c1-4-5-6-10-18(11(2)3)15(19)12-8-7-9-13(16)14(12)17/h7-9,11H,4-6,10H2,1-3H3. The van der Waals surface area contributed by atoms with E-state index in [4.69, 9.17) is 0 Å². The van der Waals surface area contributed by atoms with Crippen LogP contribution >= 0.6 is 15.9 Å². The molecule has 1 aromatic rings. The maximum atomic E-state index is 14.0. The Kier molecular flexibility index (Phi) is 6.49. The molecule has 19 heavy (non-hydrogen) atoms. The number of unbranched alkanes of at least 4 members (excludes halogenated alkanes) is 2. The van der Waals surface area contributed by atoms with Crippen molar-refractivity contribution in [2.45, 2.75) is 46.1 Å². The molecule has 1 aromatic carbocycles. The molecule has 0 aromatic heterocycles. The van der Waals surface area contributed by atoms with Crippen molar-refractivity contribution in [3.05, 3.63) is 34.1 Å². The van der Waals surface area contributed by atoms with Gasteiger partial charge < -0.3 is 4.90 Å². The van der Waals surface area contributed by atoms with Crippen molar-refractivity contribution < 1.29 is 9.18 Å². The van der Waals surface area contributed by atoms with Gasteiger partial charge in [0.25, 0.3) is 5.91 Å². The first-order valence-electron chi connectivity index (χ1n) is 6.74. The van der Waals surface area contributed by atoms with Crippen LogP contribution in [0.2, 0.25) is 0 Å². The van der Waals surface area contributed by atoms with Crippen LogP contribution in [0.4, 0.5) is 4.39 Å². The number of carbonyl (C=O) groups is 1. The first-order valence-corrected chi connectivity index (χ1v) is 7.53. The topological polar surface area (TPSA) is 20.3 Å². The average Bonchev–Trinajstić information content (AvgIpc) is 2.37. The number of nitrogens with zero attached hydrogens (tertiary/aromatic N) is 1. The van der Waals surface area contributed by atoms with Crippen LogP contribution in [0.15, 0.2) is 22.7 Å². The van der Waals surface area contributed by atoms with Crippen LogP contribution in [-0.2, 0) is 0 Å². The predicted molar refractivity (Wildman–Crippen MR) is 79.8 cm³/mol. The highest BCUT2D eigenvalue weighted by Crippen LogP contribution is 2.21. The summed E-state index contributed by atoms with van der Waals surface area (Å²) in [5.74, 6) is -0.710. The minimum Gasteiger partial charge on any atom is -0.336 e. The van der Waals surface area contributed by atoms with Gasteiger partial charge in [0.15, 0.2) is 0 Å². The number of rotatable bonds is 6. The lowest BCUT2D eigenvalue weighted by Gasteiger charge is -2.27. The molecule has 0 atom stereocenters. The zero-order valence-electron chi connectivity index (χ0n) is 11.7. The zero-order valence-corrected chi connectivity index (χ0v) is 13.3. The van der Waals surface area contributed by atoms with Gasteiger partial charge in [0.1, 0.15) is 5.82 Å². The van der Waals surface area contributed by atoms with Gasteiger partial charge in [-0.2, -0.15) is 0 Å². The summed E-state index contributed by atoms with van der Waals surface area (Å²) in [7, 11) is 0. The van der Waals surface area contributed by atoms with E-state index in [2.05, 4.69) is 22.9 Å². The summed E-state index contributed by atoms with van der Waals surface area (Å²) < 4.78 is 14.3. The van der Waals surface area contributed by atoms with Crippen molar-refractivity contribution in [3.63, 3.8) is 0 Å². The van der Waals surface area contributed by atoms with E-state index in [0.717, 1.165) is 19.3 Å². The van der Waals surface area contributed by atoms with E-state index in [0.29, 0.717) is 11.0 Å². The summed E-state index contributed by atoms with van der Waals surface area (Å²) in [5, 5.41) is 0. The highest BCUT2D eigenvalue weighted by molar-refractivity contribution is 9.10. The van der Waals surface area contributed by atoms with Crippen molar-refractivity contribution in [1.29, 1.82) is 0 Å². The minimum atomic E-state index is -0.478. The van der Waals surface area contributed by atoms with Gasteiger partial charge in [-0.1, -0.05) is 25.8 Å². The van der Waals surface area contributed by atoms with Crippen molar-refractivity contribution in [2.75, 3.05) is 6.54 Å². The first-order chi connectivity index (χ1) is 8.99. The average molecular weight is 330 g/mol. The quantitative estimate of drug-likeness (QED) is 0.697. The second kappa shape index (κ2) is 7.63. The Bertz CT molecular complexity index is 434. The van der Waals surface area contributed by atoms with Crippen LogP contribution in [0.5, 0.6) is 0 Å². The normalized spacial score (nSPS) is 10.8. The Morgan fingerprint density at radius 2 is 2.05 bits per heavy atom. The number of carbonyl (C=O) groups excluding carboxylic acids is 1. The molecule has 0 fully saturated rings. The smallest absolute Gasteiger partial charge is 0.257 e. The number of amides is 1. The Morgan fingerprint density at radius 1 is 1.37 bits per heavy atom. The van der Waals surface area contributed by atoms with Gasteiger partial charge in [-0.3, -0.25) is 4.79 Å². The number of hydrogen-bond donors (Lipinski definition) is 0. The van der Waals surface area contributed by atoms with Gasteiger partial charge in [0.2, 0.25) is 0 Å². The van der Waals surface area contributed by atoms with E-state index in [-0.39, 0.29) is 17.5 Å². The molecule has 106 valence electrons. The van der Waals surface area contributed by atoms with Crippen molar-refractivity contribution in [1.82, 2.24) is 4.90 Å². The molecule has 0 unspecified atom stereocenters. The molecule has 1 amide bonds. The molecule has 0 radical (unpaired) electrons. The van der Waals surface area contributed by atoms with Crippen LogP contribution in [0.3, 0.4) is 0 Å². The lowest BCUT2D eigenvalue weighted by Crippen LogP contribution is -2.38. The van der Waals surface area contributed by atoms with Gasteiger partial charge in [-0.05, 0) is 48.3 Å². The maximum Gasteiger partial charge on any atom is 0.257 e. The molecule has 0 heterocycles. The van der Waals surface area contributed by atoms with Gasteiger partial charge in [0, 0.05) is 12.6 Å². The Labute approximate surface area is 123 Å². The zero-order chi connectivity index (χ0) is 14.4. The monoisotopic (exact) mass is 329 g/mol. The molecule has 0 saturated heterocycles. The van der Waals surface area contributed by atoms with Gasteiger partial charge in [0.05, 0.1) is 10.0 Å². The summed E-state index contributed by atoms with van der Waals surface area (Å²) in [6, 6.07) is 4.90. The lowest BCUT2D eigenvalue weighted by atomic mass is 10.1. The fourth-order valence-corrected chi connectivity index (χ4v) is 2.32. The van der Waals surface area contributed by atoms with Crippen LogP contribution in [0.25, 0.3) is 0 Å². The van der Waals surface area contributed by atoms with Crippen molar-refractivity contribution in [2.24, 2.45) is 0 Å². The van der Waals surface area contributed by atoms with E-state index in [9.17, 15) is 9.18 Å². The molecule has 0 aliphatic rings. The van der Waals surface area contributed by atoms with Crippen molar-refractivity contribution in [3.8, 4) is 0 Å². The summed E-state index contributed by atoms with van der Waals surface area (Å²) >= 11 is 3.12. The summed E-state index contributed by atoms with van der Waals surface area (Å²) in [4.78, 5) is 14.2. The molecular weight excluding hydrogens is 309 g/mol. The molecule has 4 heteroatoms. The predicted octanol–water partition coefficient (Wildman–Crippen LogP) is 4.63. The second-order valence-corrected chi connectivity index (χ2v) is 5.76. The molecule has 1 rings (SSSR count). The first kappa shape index (κ1) is 16.2. The SMILES string of the molecule is CCCCCN(C(=O)c1cccc(Br)c1F)C(C)C. The molecule has 0 aliphatic heterocycles. The highest BCUT2D eigenvalue weighted by atomic mass is 79.9. The molecule has 2 nitrogen and oxygen atoms in total. The molecule has 0 saturated carbocycles. The third-order valence-corrected chi connectivity index (χ3v) is 3.68. The molecular formula is C15H21BrFNO. The second-order valence-electron chi connectivity index (χ2n) is 4.90. The van der Waals surface area contributed by atoms with E-state index in [1.54, 1.807) is 17.0 Å². The van der Waals surface area contributed by atoms with Crippen LogP contribution < -0.4 is 0 Å². The molecule has 0 bridgehead atoms. The fourth-order valence-electron chi connectivity index (χ4n) is 1.95. The lowest BCUT2D eigenvalue weighted by molar-refractivity contribution is 0.0697. The van der Waals surface area contributed by atoms with E-state index >= 15 is 0 Å². The Balaban J connectivity index is 2.90. The largest absolute Gasteiger partial charge is 0.336 e. The van der Waals surface area contributed by atoms with Crippen LogP contribution in [-0.4, -0.2) is 23.4 Å². The highest BCUT2D eigenvalue weighted by Gasteiger charge is 2.22. The number of benzene rings is 1. The summed E-state index contributed by atoms with van der Waals surface area (Å²) in [5.41, 5.74) is 0.138. The maximum absolute atomic E-state index is 14.0. The van der Waals surface area contributed by atoms with E-state index in [1.165, 1.54) is 6.07 Å². The summed E-state index contributed by atoms with van der Waals surface area (Å²) in [6.07, 6.45) is 3.14.